The van der Waals surface area contributed by atoms with E-state index in [9.17, 15) is 0 Å². The molecule has 0 bridgehead atoms. The molecular formula is C18H22BrNO. The Morgan fingerprint density at radius 1 is 1.05 bits per heavy atom. The summed E-state index contributed by atoms with van der Waals surface area (Å²) in [6.45, 7) is 8.19. The summed E-state index contributed by atoms with van der Waals surface area (Å²) in [5.41, 5.74) is 3.58. The van der Waals surface area contributed by atoms with Gasteiger partial charge in [0.1, 0.15) is 11.5 Å². The fourth-order valence-corrected chi connectivity index (χ4v) is 2.67. The van der Waals surface area contributed by atoms with Crippen LogP contribution >= 0.6 is 15.9 Å². The first-order valence-corrected chi connectivity index (χ1v) is 8.13. The van der Waals surface area contributed by atoms with Crippen molar-refractivity contribution in [1.82, 2.24) is 5.32 Å². The molecule has 0 fully saturated rings. The van der Waals surface area contributed by atoms with Crippen molar-refractivity contribution >= 4 is 15.9 Å². The molecule has 0 saturated heterocycles. The predicted molar refractivity (Wildman–Crippen MR) is 92.1 cm³/mol. The molecule has 3 heteroatoms. The summed E-state index contributed by atoms with van der Waals surface area (Å²) in [5.74, 6) is 1.83. The van der Waals surface area contributed by atoms with Gasteiger partial charge in [-0.05, 0) is 56.6 Å². The lowest BCUT2D eigenvalue weighted by molar-refractivity contribution is 0.469. The first-order valence-electron chi connectivity index (χ1n) is 7.34. The van der Waals surface area contributed by atoms with Crippen molar-refractivity contribution in [3.63, 3.8) is 0 Å². The van der Waals surface area contributed by atoms with Crippen LogP contribution in [0.15, 0.2) is 40.9 Å². The summed E-state index contributed by atoms with van der Waals surface area (Å²) in [7, 11) is 0. The van der Waals surface area contributed by atoms with Crippen LogP contribution in [0.3, 0.4) is 0 Å². The maximum Gasteiger partial charge on any atom is 0.131 e. The third-order valence-corrected chi connectivity index (χ3v) is 3.81. The van der Waals surface area contributed by atoms with Gasteiger partial charge in [0.25, 0.3) is 0 Å². The standard InChI is InChI=1S/C18H22BrNO/c1-4-9-20-12-15-10-13(2)5-7-18(15)21-17-8-6-16(19)11-14(17)3/h5-8,10-11,20H,4,9,12H2,1-3H3. The molecule has 0 radical (unpaired) electrons. The largest absolute Gasteiger partial charge is 0.457 e. The van der Waals surface area contributed by atoms with E-state index in [0.29, 0.717) is 0 Å². The van der Waals surface area contributed by atoms with Gasteiger partial charge in [0.2, 0.25) is 0 Å². The highest BCUT2D eigenvalue weighted by Crippen LogP contribution is 2.30. The first-order chi connectivity index (χ1) is 10.1. The zero-order valence-electron chi connectivity index (χ0n) is 12.9. The molecule has 2 rings (SSSR count). The van der Waals surface area contributed by atoms with E-state index in [1.165, 1.54) is 11.1 Å². The molecule has 0 aliphatic heterocycles. The topological polar surface area (TPSA) is 21.3 Å². The number of ether oxygens (including phenoxy) is 1. The Morgan fingerprint density at radius 2 is 1.81 bits per heavy atom. The van der Waals surface area contributed by atoms with Gasteiger partial charge in [-0.2, -0.15) is 0 Å². The monoisotopic (exact) mass is 347 g/mol. The average Bonchev–Trinajstić information content (AvgIpc) is 2.44. The summed E-state index contributed by atoms with van der Waals surface area (Å²) in [6.07, 6.45) is 1.13. The zero-order valence-corrected chi connectivity index (χ0v) is 14.5. The van der Waals surface area contributed by atoms with Crippen LogP contribution in [0.1, 0.15) is 30.0 Å². The third-order valence-electron chi connectivity index (χ3n) is 3.32. The van der Waals surface area contributed by atoms with E-state index in [2.05, 4.69) is 66.3 Å². The highest BCUT2D eigenvalue weighted by molar-refractivity contribution is 9.10. The predicted octanol–water partition coefficient (Wildman–Crippen LogP) is 5.36. The van der Waals surface area contributed by atoms with Crippen molar-refractivity contribution in [1.29, 1.82) is 0 Å². The molecule has 112 valence electrons. The minimum Gasteiger partial charge on any atom is -0.457 e. The lowest BCUT2D eigenvalue weighted by Gasteiger charge is -2.14. The van der Waals surface area contributed by atoms with E-state index >= 15 is 0 Å². The Balaban J connectivity index is 2.22. The van der Waals surface area contributed by atoms with E-state index in [4.69, 9.17) is 4.74 Å². The summed E-state index contributed by atoms with van der Waals surface area (Å²) in [6, 6.07) is 12.4. The van der Waals surface area contributed by atoms with Crippen LogP contribution in [0.4, 0.5) is 0 Å². The van der Waals surface area contributed by atoms with E-state index in [-0.39, 0.29) is 0 Å². The van der Waals surface area contributed by atoms with Crippen LogP contribution in [-0.4, -0.2) is 6.54 Å². The number of hydrogen-bond donors (Lipinski definition) is 1. The second kappa shape index (κ2) is 7.62. The summed E-state index contributed by atoms with van der Waals surface area (Å²) in [4.78, 5) is 0. The normalized spacial score (nSPS) is 10.7. The summed E-state index contributed by atoms with van der Waals surface area (Å²) in [5, 5.41) is 3.44. The number of rotatable bonds is 6. The molecule has 0 aliphatic rings. The first kappa shape index (κ1) is 16.1. The Kier molecular flexibility index (Phi) is 5.83. The number of aryl methyl sites for hydroxylation is 2. The van der Waals surface area contributed by atoms with Gasteiger partial charge < -0.3 is 10.1 Å². The Hall–Kier alpha value is -1.32. The van der Waals surface area contributed by atoms with Gasteiger partial charge in [-0.3, -0.25) is 0 Å². The fourth-order valence-electron chi connectivity index (χ4n) is 2.19. The minimum absolute atomic E-state index is 0.834. The van der Waals surface area contributed by atoms with E-state index in [1.54, 1.807) is 0 Å². The third kappa shape index (κ3) is 4.58. The van der Waals surface area contributed by atoms with Crippen LogP contribution in [0.25, 0.3) is 0 Å². The van der Waals surface area contributed by atoms with Crippen molar-refractivity contribution in [2.24, 2.45) is 0 Å². The smallest absolute Gasteiger partial charge is 0.131 e. The quantitative estimate of drug-likeness (QED) is 0.710. The number of hydrogen-bond acceptors (Lipinski definition) is 2. The van der Waals surface area contributed by atoms with Gasteiger partial charge in [-0.25, -0.2) is 0 Å². The molecule has 2 aromatic carbocycles. The Labute approximate surface area is 135 Å². The average molecular weight is 348 g/mol. The van der Waals surface area contributed by atoms with E-state index < -0.39 is 0 Å². The van der Waals surface area contributed by atoms with Crippen molar-refractivity contribution < 1.29 is 4.74 Å². The number of nitrogens with one attached hydrogen (secondary N) is 1. The molecule has 0 saturated carbocycles. The number of benzene rings is 2. The second-order valence-corrected chi connectivity index (χ2v) is 6.22. The molecule has 0 aromatic heterocycles. The van der Waals surface area contributed by atoms with Crippen LogP contribution in [0, 0.1) is 13.8 Å². The molecule has 0 aliphatic carbocycles. The van der Waals surface area contributed by atoms with Crippen LogP contribution in [-0.2, 0) is 6.54 Å². The maximum absolute atomic E-state index is 6.12. The molecule has 0 spiro atoms. The van der Waals surface area contributed by atoms with Gasteiger partial charge in [-0.1, -0.05) is 40.5 Å². The molecule has 0 amide bonds. The number of halogens is 1. The highest BCUT2D eigenvalue weighted by atomic mass is 79.9. The van der Waals surface area contributed by atoms with Crippen molar-refractivity contribution in [3.8, 4) is 11.5 Å². The van der Waals surface area contributed by atoms with Crippen molar-refractivity contribution in [2.75, 3.05) is 6.54 Å². The molecular weight excluding hydrogens is 326 g/mol. The molecule has 2 aromatic rings. The van der Waals surface area contributed by atoms with Gasteiger partial charge in [0, 0.05) is 16.6 Å². The van der Waals surface area contributed by atoms with E-state index in [0.717, 1.165) is 41.0 Å². The van der Waals surface area contributed by atoms with Gasteiger partial charge in [-0.15, -0.1) is 0 Å². The molecule has 21 heavy (non-hydrogen) atoms. The molecule has 2 nitrogen and oxygen atoms in total. The van der Waals surface area contributed by atoms with Crippen LogP contribution < -0.4 is 10.1 Å². The Bertz CT molecular complexity index is 610. The van der Waals surface area contributed by atoms with Crippen molar-refractivity contribution in [2.45, 2.75) is 33.7 Å². The van der Waals surface area contributed by atoms with Crippen LogP contribution in [0.2, 0.25) is 0 Å². The Morgan fingerprint density at radius 3 is 2.52 bits per heavy atom. The lowest BCUT2D eigenvalue weighted by atomic mass is 10.1. The summed E-state index contributed by atoms with van der Waals surface area (Å²) >= 11 is 3.48. The zero-order chi connectivity index (χ0) is 15.2. The van der Waals surface area contributed by atoms with Crippen LogP contribution in [0.5, 0.6) is 11.5 Å². The van der Waals surface area contributed by atoms with E-state index in [1.807, 2.05) is 12.1 Å². The summed E-state index contributed by atoms with van der Waals surface area (Å²) < 4.78 is 7.19. The second-order valence-electron chi connectivity index (χ2n) is 5.30. The highest BCUT2D eigenvalue weighted by Gasteiger charge is 2.07. The molecule has 1 N–H and O–H groups in total. The molecule has 0 atom stereocenters. The van der Waals surface area contributed by atoms with Gasteiger partial charge >= 0.3 is 0 Å². The maximum atomic E-state index is 6.12. The van der Waals surface area contributed by atoms with Gasteiger partial charge in [0.05, 0.1) is 0 Å². The minimum atomic E-state index is 0.834. The molecule has 0 heterocycles. The van der Waals surface area contributed by atoms with Gasteiger partial charge in [0.15, 0.2) is 0 Å². The lowest BCUT2D eigenvalue weighted by Crippen LogP contribution is -2.14. The fraction of sp³-hybridized carbons (Fsp3) is 0.333. The molecule has 0 unspecified atom stereocenters. The van der Waals surface area contributed by atoms with Crippen molar-refractivity contribution in [3.05, 3.63) is 57.6 Å². The SMILES string of the molecule is CCCNCc1cc(C)ccc1Oc1ccc(Br)cc1C.